The summed E-state index contributed by atoms with van der Waals surface area (Å²) < 4.78 is 65.1. The number of amides is 2. The van der Waals surface area contributed by atoms with Crippen molar-refractivity contribution < 1.29 is 31.2 Å². The summed E-state index contributed by atoms with van der Waals surface area (Å²) in [4.78, 5) is 27.5. The Morgan fingerprint density at radius 1 is 1.08 bits per heavy atom. The molecule has 7 nitrogen and oxygen atoms in total. The van der Waals surface area contributed by atoms with Crippen LogP contribution in [0.15, 0.2) is 48.5 Å². The first-order chi connectivity index (χ1) is 17.6. The maximum atomic E-state index is 13.3. The van der Waals surface area contributed by atoms with Crippen molar-refractivity contribution >= 4 is 39.1 Å². The van der Waals surface area contributed by atoms with Gasteiger partial charge in [0, 0.05) is 30.6 Å². The molecule has 0 fully saturated rings. The van der Waals surface area contributed by atoms with Crippen molar-refractivity contribution in [3.63, 3.8) is 0 Å². The molecule has 0 spiro atoms. The van der Waals surface area contributed by atoms with Gasteiger partial charge in [-0.3, -0.25) is 13.9 Å². The lowest BCUT2D eigenvalue weighted by atomic mass is 10.1. The monoisotopic (exact) mass is 575 g/mol. The van der Waals surface area contributed by atoms with E-state index in [9.17, 15) is 31.2 Å². The average molecular weight is 576 g/mol. The van der Waals surface area contributed by atoms with Crippen LogP contribution in [0.25, 0.3) is 0 Å². The third-order valence-electron chi connectivity index (χ3n) is 6.08. The molecule has 0 radical (unpaired) electrons. The minimum absolute atomic E-state index is 0.0148. The van der Waals surface area contributed by atoms with E-state index in [-0.39, 0.29) is 43.6 Å². The minimum atomic E-state index is -4.64. The van der Waals surface area contributed by atoms with E-state index in [1.165, 1.54) is 11.0 Å². The largest absolute Gasteiger partial charge is 0.416 e. The molecule has 2 amide bonds. The van der Waals surface area contributed by atoms with Crippen molar-refractivity contribution in [2.24, 2.45) is 0 Å². The molecule has 1 N–H and O–H groups in total. The van der Waals surface area contributed by atoms with Crippen molar-refractivity contribution in [3.05, 3.63) is 64.7 Å². The fourth-order valence-corrected chi connectivity index (χ4v) is 4.85. The quantitative estimate of drug-likeness (QED) is 0.375. The summed E-state index contributed by atoms with van der Waals surface area (Å²) in [6.45, 7) is 5.19. The standard InChI is InChI=1S/C26H33ClF3N3O4S/c1-5-18(2)31-25(35)19(3)32(17-20-10-6-7-13-23(20)27)24(34)14-9-15-33(38(4,36)37)22-12-8-11-21(16-22)26(28,29)30/h6-8,10-13,16,18-19H,5,9,14-15,17H2,1-4H3,(H,31,35)/t18-,19+/m1/s1. The first-order valence-corrected chi connectivity index (χ1v) is 14.4. The van der Waals surface area contributed by atoms with Gasteiger partial charge >= 0.3 is 6.18 Å². The van der Waals surface area contributed by atoms with Gasteiger partial charge in [-0.05, 0) is 56.5 Å². The molecule has 0 aromatic heterocycles. The number of sulfonamides is 1. The number of alkyl halides is 3. The summed E-state index contributed by atoms with van der Waals surface area (Å²) in [7, 11) is -3.94. The summed E-state index contributed by atoms with van der Waals surface area (Å²) in [6.07, 6.45) is -3.18. The molecule has 0 saturated heterocycles. The zero-order valence-electron chi connectivity index (χ0n) is 21.8. The molecule has 38 heavy (non-hydrogen) atoms. The van der Waals surface area contributed by atoms with Crippen LogP contribution in [-0.2, 0) is 32.3 Å². The lowest BCUT2D eigenvalue weighted by Crippen LogP contribution is -2.49. The highest BCUT2D eigenvalue weighted by atomic mass is 35.5. The van der Waals surface area contributed by atoms with Crippen molar-refractivity contribution in [2.45, 2.75) is 64.8 Å². The number of carbonyl (C=O) groups excluding carboxylic acids is 2. The second-order valence-electron chi connectivity index (χ2n) is 9.09. The fourth-order valence-electron chi connectivity index (χ4n) is 3.70. The van der Waals surface area contributed by atoms with Gasteiger partial charge in [0.25, 0.3) is 0 Å². The van der Waals surface area contributed by atoms with Gasteiger partial charge in [-0.2, -0.15) is 13.2 Å². The average Bonchev–Trinajstić information content (AvgIpc) is 2.84. The Bertz CT molecular complexity index is 1220. The molecular formula is C26H33ClF3N3O4S. The smallest absolute Gasteiger partial charge is 0.352 e. The van der Waals surface area contributed by atoms with Crippen LogP contribution in [0.5, 0.6) is 0 Å². The van der Waals surface area contributed by atoms with Gasteiger partial charge in [-0.25, -0.2) is 8.42 Å². The Kier molecular flexibility index (Phi) is 11.0. The van der Waals surface area contributed by atoms with Gasteiger partial charge in [0.15, 0.2) is 0 Å². The van der Waals surface area contributed by atoms with E-state index in [4.69, 9.17) is 11.6 Å². The number of hydrogen-bond donors (Lipinski definition) is 1. The van der Waals surface area contributed by atoms with Crippen LogP contribution in [-0.4, -0.2) is 50.0 Å². The Labute approximate surface area is 227 Å². The predicted octanol–water partition coefficient (Wildman–Crippen LogP) is 5.24. The van der Waals surface area contributed by atoms with E-state index in [0.29, 0.717) is 17.0 Å². The van der Waals surface area contributed by atoms with Crippen molar-refractivity contribution in [1.29, 1.82) is 0 Å². The predicted molar refractivity (Wildman–Crippen MR) is 142 cm³/mol. The van der Waals surface area contributed by atoms with Gasteiger partial charge in [-0.15, -0.1) is 0 Å². The molecule has 0 aliphatic heterocycles. The number of halogens is 4. The van der Waals surface area contributed by atoms with Crippen LogP contribution < -0.4 is 9.62 Å². The third-order valence-corrected chi connectivity index (χ3v) is 7.64. The number of nitrogens with one attached hydrogen (secondary N) is 1. The highest BCUT2D eigenvalue weighted by Crippen LogP contribution is 2.32. The third kappa shape index (κ3) is 8.90. The minimum Gasteiger partial charge on any atom is -0.352 e. The summed E-state index contributed by atoms with van der Waals surface area (Å²) in [6, 6.07) is 9.97. The van der Waals surface area contributed by atoms with Crippen LogP contribution in [0.3, 0.4) is 0 Å². The zero-order valence-corrected chi connectivity index (χ0v) is 23.3. The highest BCUT2D eigenvalue weighted by Gasteiger charge is 2.32. The molecule has 2 rings (SSSR count). The Morgan fingerprint density at radius 2 is 1.74 bits per heavy atom. The molecule has 0 aliphatic rings. The van der Waals surface area contributed by atoms with E-state index < -0.39 is 33.7 Å². The first kappa shape index (κ1) is 31.4. The van der Waals surface area contributed by atoms with Gasteiger partial charge < -0.3 is 10.2 Å². The van der Waals surface area contributed by atoms with Gasteiger partial charge in [0.2, 0.25) is 21.8 Å². The molecule has 2 aromatic carbocycles. The molecule has 210 valence electrons. The number of carbonyl (C=O) groups is 2. The number of anilines is 1. The Hall–Kier alpha value is -2.79. The van der Waals surface area contributed by atoms with Crippen LogP contribution >= 0.6 is 11.6 Å². The van der Waals surface area contributed by atoms with Crippen LogP contribution in [0.2, 0.25) is 5.02 Å². The zero-order chi connectivity index (χ0) is 28.7. The maximum absolute atomic E-state index is 13.3. The van der Waals surface area contributed by atoms with Gasteiger partial charge in [-0.1, -0.05) is 42.8 Å². The Balaban J connectivity index is 2.23. The van der Waals surface area contributed by atoms with Crippen molar-refractivity contribution in [2.75, 3.05) is 17.1 Å². The molecule has 2 atom stereocenters. The second kappa shape index (κ2) is 13.3. The fraction of sp³-hybridized carbons (Fsp3) is 0.462. The van der Waals surface area contributed by atoms with Crippen LogP contribution in [0.1, 0.15) is 51.2 Å². The molecular weight excluding hydrogens is 543 g/mol. The lowest BCUT2D eigenvalue weighted by molar-refractivity contribution is -0.140. The number of nitrogens with zero attached hydrogens (tertiary/aromatic N) is 2. The number of hydrogen-bond acceptors (Lipinski definition) is 4. The van der Waals surface area contributed by atoms with Gasteiger partial charge in [0.1, 0.15) is 6.04 Å². The SMILES string of the molecule is CC[C@@H](C)NC(=O)[C@H](C)N(Cc1ccccc1Cl)C(=O)CCCN(c1cccc(C(F)(F)F)c1)S(C)(=O)=O. The topological polar surface area (TPSA) is 86.8 Å². The number of benzene rings is 2. The van der Waals surface area contributed by atoms with E-state index in [2.05, 4.69) is 5.32 Å². The normalized spacial score (nSPS) is 13.5. The molecule has 2 aromatic rings. The van der Waals surface area contributed by atoms with Crippen LogP contribution in [0, 0.1) is 0 Å². The molecule has 0 aliphatic carbocycles. The van der Waals surface area contributed by atoms with Crippen molar-refractivity contribution in [1.82, 2.24) is 10.2 Å². The van der Waals surface area contributed by atoms with E-state index in [0.717, 1.165) is 28.8 Å². The summed E-state index contributed by atoms with van der Waals surface area (Å²) in [5.74, 6) is -0.768. The van der Waals surface area contributed by atoms with E-state index in [1.807, 2.05) is 13.8 Å². The van der Waals surface area contributed by atoms with E-state index >= 15 is 0 Å². The Morgan fingerprint density at radius 3 is 2.32 bits per heavy atom. The molecule has 0 saturated carbocycles. The summed E-state index contributed by atoms with van der Waals surface area (Å²) in [5, 5.41) is 3.28. The first-order valence-electron chi connectivity index (χ1n) is 12.1. The summed E-state index contributed by atoms with van der Waals surface area (Å²) in [5.41, 5.74) is -0.497. The molecule has 0 heterocycles. The van der Waals surface area contributed by atoms with E-state index in [1.54, 1.807) is 31.2 Å². The summed E-state index contributed by atoms with van der Waals surface area (Å²) >= 11 is 6.28. The molecule has 0 bridgehead atoms. The molecule has 0 unspecified atom stereocenters. The highest BCUT2D eigenvalue weighted by molar-refractivity contribution is 7.92. The lowest BCUT2D eigenvalue weighted by Gasteiger charge is -2.30. The maximum Gasteiger partial charge on any atom is 0.416 e. The van der Waals surface area contributed by atoms with Gasteiger partial charge in [0.05, 0.1) is 17.5 Å². The second-order valence-corrected chi connectivity index (χ2v) is 11.4. The molecule has 12 heteroatoms. The van der Waals surface area contributed by atoms with Crippen LogP contribution in [0.4, 0.5) is 18.9 Å². The number of rotatable bonds is 12. The van der Waals surface area contributed by atoms with Crippen molar-refractivity contribution in [3.8, 4) is 0 Å².